The molecular formula is C7H9F2N3. The van der Waals surface area contributed by atoms with Gasteiger partial charge in [-0.1, -0.05) is 0 Å². The van der Waals surface area contributed by atoms with Crippen LogP contribution in [0.15, 0.2) is 18.6 Å². The molecule has 0 amide bonds. The van der Waals surface area contributed by atoms with Crippen LogP contribution in [0.1, 0.15) is 6.92 Å². The maximum atomic E-state index is 12.0. The first-order valence-electron chi connectivity index (χ1n) is 3.51. The van der Waals surface area contributed by atoms with Crippen LogP contribution in [-0.4, -0.2) is 22.4 Å². The van der Waals surface area contributed by atoms with Gasteiger partial charge in [-0.3, -0.25) is 4.98 Å². The van der Waals surface area contributed by atoms with E-state index in [0.717, 1.165) is 0 Å². The van der Waals surface area contributed by atoms with Gasteiger partial charge in [0, 0.05) is 12.4 Å². The summed E-state index contributed by atoms with van der Waals surface area (Å²) in [6.45, 7) is 1.39. The summed E-state index contributed by atoms with van der Waals surface area (Å²) in [4.78, 5) is 7.52. The highest BCUT2D eigenvalue weighted by Crippen LogP contribution is 2.06. The zero-order valence-corrected chi connectivity index (χ0v) is 6.54. The summed E-state index contributed by atoms with van der Waals surface area (Å²) in [5.74, 6) is 0.366. The van der Waals surface area contributed by atoms with Crippen LogP contribution in [-0.2, 0) is 0 Å². The van der Waals surface area contributed by atoms with Crippen molar-refractivity contribution in [2.45, 2.75) is 19.4 Å². The van der Waals surface area contributed by atoms with Crippen LogP contribution in [0.3, 0.4) is 0 Å². The minimum Gasteiger partial charge on any atom is -0.361 e. The third-order valence-corrected chi connectivity index (χ3v) is 1.32. The summed E-state index contributed by atoms with van der Waals surface area (Å²) in [6.07, 6.45) is 1.93. The molecule has 3 nitrogen and oxygen atoms in total. The first-order chi connectivity index (χ1) is 5.70. The monoisotopic (exact) mass is 173 g/mol. The second-order valence-corrected chi connectivity index (χ2v) is 2.36. The molecule has 1 N–H and O–H groups in total. The minimum absolute atomic E-state index is 0.366. The van der Waals surface area contributed by atoms with Crippen LogP contribution in [0.25, 0.3) is 0 Å². The molecule has 1 aromatic heterocycles. The van der Waals surface area contributed by atoms with Gasteiger partial charge in [-0.2, -0.15) is 0 Å². The molecule has 66 valence electrons. The third-order valence-electron chi connectivity index (χ3n) is 1.32. The molecule has 1 atom stereocenters. The van der Waals surface area contributed by atoms with Crippen molar-refractivity contribution in [1.82, 2.24) is 9.97 Å². The normalized spacial score (nSPS) is 13.0. The number of hydrogen-bond donors (Lipinski definition) is 1. The largest absolute Gasteiger partial charge is 0.361 e. The van der Waals surface area contributed by atoms with Crippen molar-refractivity contribution in [3.05, 3.63) is 18.6 Å². The molecule has 0 aliphatic heterocycles. The Labute approximate surface area is 68.8 Å². The van der Waals surface area contributed by atoms with Gasteiger partial charge in [0.15, 0.2) is 0 Å². The molecule has 1 unspecified atom stereocenters. The van der Waals surface area contributed by atoms with E-state index >= 15 is 0 Å². The van der Waals surface area contributed by atoms with Crippen LogP contribution in [0.5, 0.6) is 0 Å². The summed E-state index contributed by atoms with van der Waals surface area (Å²) in [6, 6.07) is -0.901. The fourth-order valence-corrected chi connectivity index (χ4v) is 0.670. The van der Waals surface area contributed by atoms with E-state index in [9.17, 15) is 8.78 Å². The SMILES string of the molecule is CC(Nc1cnccn1)C(F)F. The number of nitrogens with one attached hydrogen (secondary N) is 1. The van der Waals surface area contributed by atoms with Gasteiger partial charge in [0.05, 0.1) is 12.2 Å². The van der Waals surface area contributed by atoms with Crippen molar-refractivity contribution in [2.24, 2.45) is 0 Å². The van der Waals surface area contributed by atoms with Gasteiger partial charge in [-0.25, -0.2) is 13.8 Å². The number of nitrogens with zero attached hydrogens (tertiary/aromatic N) is 2. The Balaban J connectivity index is 2.53. The van der Waals surface area contributed by atoms with E-state index in [4.69, 9.17) is 0 Å². The molecule has 0 radical (unpaired) electrons. The lowest BCUT2D eigenvalue weighted by molar-refractivity contribution is 0.130. The lowest BCUT2D eigenvalue weighted by Gasteiger charge is -2.11. The molecule has 0 aliphatic carbocycles. The molecule has 0 aromatic carbocycles. The van der Waals surface area contributed by atoms with Crippen LogP contribution < -0.4 is 5.32 Å². The highest BCUT2D eigenvalue weighted by atomic mass is 19.3. The maximum absolute atomic E-state index is 12.0. The van der Waals surface area contributed by atoms with Crippen molar-refractivity contribution in [3.63, 3.8) is 0 Å². The van der Waals surface area contributed by atoms with Gasteiger partial charge in [-0.05, 0) is 6.92 Å². The van der Waals surface area contributed by atoms with E-state index < -0.39 is 12.5 Å². The summed E-state index contributed by atoms with van der Waals surface area (Å²) >= 11 is 0. The lowest BCUT2D eigenvalue weighted by atomic mass is 10.3. The minimum atomic E-state index is -2.40. The van der Waals surface area contributed by atoms with Crippen molar-refractivity contribution >= 4 is 5.82 Å². The number of aromatic nitrogens is 2. The van der Waals surface area contributed by atoms with Gasteiger partial charge in [0.1, 0.15) is 5.82 Å². The second kappa shape index (κ2) is 3.94. The standard InChI is InChI=1S/C7H9F2N3/c1-5(7(8)9)12-6-4-10-2-3-11-6/h2-5,7H,1H3,(H,11,12). The van der Waals surface area contributed by atoms with E-state index in [1.54, 1.807) is 0 Å². The maximum Gasteiger partial charge on any atom is 0.258 e. The predicted octanol–water partition coefficient (Wildman–Crippen LogP) is 1.54. The molecule has 12 heavy (non-hydrogen) atoms. The van der Waals surface area contributed by atoms with Gasteiger partial charge in [-0.15, -0.1) is 0 Å². The van der Waals surface area contributed by atoms with Crippen LogP contribution in [0.2, 0.25) is 0 Å². The molecule has 0 saturated heterocycles. The average Bonchev–Trinajstić information content (AvgIpc) is 2.06. The van der Waals surface area contributed by atoms with E-state index in [1.165, 1.54) is 25.5 Å². The highest BCUT2D eigenvalue weighted by molar-refractivity contribution is 5.31. The topological polar surface area (TPSA) is 37.8 Å². The average molecular weight is 173 g/mol. The predicted molar refractivity (Wildman–Crippen MR) is 41.1 cm³/mol. The quantitative estimate of drug-likeness (QED) is 0.753. The van der Waals surface area contributed by atoms with Crippen molar-refractivity contribution < 1.29 is 8.78 Å². The summed E-state index contributed by atoms with van der Waals surface area (Å²) in [5.41, 5.74) is 0. The summed E-state index contributed by atoms with van der Waals surface area (Å²) in [5, 5.41) is 2.52. The lowest BCUT2D eigenvalue weighted by Crippen LogP contribution is -2.24. The first kappa shape index (κ1) is 8.83. The molecule has 1 rings (SSSR count). The number of halogens is 2. The Morgan fingerprint density at radius 3 is 2.67 bits per heavy atom. The van der Waals surface area contributed by atoms with Crippen LogP contribution in [0, 0.1) is 0 Å². The first-order valence-corrected chi connectivity index (χ1v) is 3.51. The molecule has 0 fully saturated rings. The molecule has 0 aliphatic rings. The van der Waals surface area contributed by atoms with E-state index in [1.807, 2.05) is 0 Å². The molecule has 1 heterocycles. The smallest absolute Gasteiger partial charge is 0.258 e. The van der Waals surface area contributed by atoms with Crippen LogP contribution >= 0.6 is 0 Å². The number of alkyl halides is 2. The third kappa shape index (κ3) is 2.41. The van der Waals surface area contributed by atoms with E-state index in [2.05, 4.69) is 15.3 Å². The molecule has 0 saturated carbocycles. The zero-order valence-electron chi connectivity index (χ0n) is 6.54. The molecule has 0 spiro atoms. The Kier molecular flexibility index (Phi) is 2.90. The number of anilines is 1. The highest BCUT2D eigenvalue weighted by Gasteiger charge is 2.13. The van der Waals surface area contributed by atoms with E-state index in [-0.39, 0.29) is 0 Å². The second-order valence-electron chi connectivity index (χ2n) is 2.36. The molecular weight excluding hydrogens is 164 g/mol. The molecule has 5 heteroatoms. The Bertz CT molecular complexity index is 227. The molecule has 0 bridgehead atoms. The fourth-order valence-electron chi connectivity index (χ4n) is 0.670. The Morgan fingerprint density at radius 1 is 1.42 bits per heavy atom. The number of rotatable bonds is 3. The molecule has 1 aromatic rings. The number of hydrogen-bond acceptors (Lipinski definition) is 3. The van der Waals surface area contributed by atoms with Crippen molar-refractivity contribution in [3.8, 4) is 0 Å². The Hall–Kier alpha value is -1.26. The fraction of sp³-hybridized carbons (Fsp3) is 0.429. The van der Waals surface area contributed by atoms with E-state index in [0.29, 0.717) is 5.82 Å². The van der Waals surface area contributed by atoms with Gasteiger partial charge in [0.25, 0.3) is 6.43 Å². The summed E-state index contributed by atoms with van der Waals surface area (Å²) in [7, 11) is 0. The Morgan fingerprint density at radius 2 is 2.17 bits per heavy atom. The van der Waals surface area contributed by atoms with Crippen molar-refractivity contribution in [2.75, 3.05) is 5.32 Å². The summed E-state index contributed by atoms with van der Waals surface area (Å²) < 4.78 is 24.0. The van der Waals surface area contributed by atoms with Gasteiger partial charge >= 0.3 is 0 Å². The van der Waals surface area contributed by atoms with Crippen molar-refractivity contribution in [1.29, 1.82) is 0 Å². The zero-order chi connectivity index (χ0) is 8.97. The van der Waals surface area contributed by atoms with Gasteiger partial charge in [0.2, 0.25) is 0 Å². The van der Waals surface area contributed by atoms with Gasteiger partial charge < -0.3 is 5.32 Å². The van der Waals surface area contributed by atoms with Crippen LogP contribution in [0.4, 0.5) is 14.6 Å².